The standard InChI is InChI=1S/C22H24N2O2S/c1-2-3-13-20(26)24-17-10-5-4-8-15(17)23-16-9-6-11-18(25)21(16)22(24)19-12-7-14-27-19/h4-5,7-8,10,12,14,22-23H,2-3,6,9,11,13H2,1H3/t22-/m1/s1. The molecule has 0 unspecified atom stereocenters. The number of para-hydroxylation sites is 2. The molecule has 0 saturated carbocycles. The van der Waals surface area contributed by atoms with Crippen molar-refractivity contribution in [2.24, 2.45) is 0 Å². The Balaban J connectivity index is 1.92. The molecule has 0 saturated heterocycles. The molecule has 0 spiro atoms. The van der Waals surface area contributed by atoms with Crippen molar-refractivity contribution >= 4 is 34.4 Å². The summed E-state index contributed by atoms with van der Waals surface area (Å²) >= 11 is 1.61. The van der Waals surface area contributed by atoms with E-state index >= 15 is 0 Å². The predicted molar refractivity (Wildman–Crippen MR) is 110 cm³/mol. The van der Waals surface area contributed by atoms with E-state index in [0.717, 1.165) is 53.2 Å². The maximum absolute atomic E-state index is 13.3. The summed E-state index contributed by atoms with van der Waals surface area (Å²) in [6.45, 7) is 2.09. The van der Waals surface area contributed by atoms with Gasteiger partial charge in [-0.3, -0.25) is 14.5 Å². The molecule has 1 atom stereocenters. The van der Waals surface area contributed by atoms with E-state index in [1.165, 1.54) is 0 Å². The van der Waals surface area contributed by atoms with Crippen LogP contribution < -0.4 is 10.2 Å². The van der Waals surface area contributed by atoms with Gasteiger partial charge >= 0.3 is 0 Å². The second-order valence-electron chi connectivity index (χ2n) is 7.10. The van der Waals surface area contributed by atoms with Gasteiger partial charge in [0.1, 0.15) is 6.04 Å². The molecule has 1 aliphatic heterocycles. The number of thiophene rings is 1. The number of anilines is 2. The molecule has 27 heavy (non-hydrogen) atoms. The maximum atomic E-state index is 13.3. The van der Waals surface area contributed by atoms with Gasteiger partial charge in [0.05, 0.1) is 11.4 Å². The summed E-state index contributed by atoms with van der Waals surface area (Å²) in [6, 6.07) is 11.6. The molecule has 2 heterocycles. The second-order valence-corrected chi connectivity index (χ2v) is 8.08. The van der Waals surface area contributed by atoms with Gasteiger partial charge in [-0.1, -0.05) is 31.5 Å². The van der Waals surface area contributed by atoms with Crippen molar-refractivity contribution in [2.75, 3.05) is 10.2 Å². The lowest BCUT2D eigenvalue weighted by atomic mass is 9.88. The zero-order valence-corrected chi connectivity index (χ0v) is 16.3. The number of rotatable bonds is 4. The van der Waals surface area contributed by atoms with Crippen molar-refractivity contribution in [2.45, 2.75) is 51.5 Å². The molecule has 4 nitrogen and oxygen atoms in total. The third-order valence-corrected chi connectivity index (χ3v) is 6.19. The number of allylic oxidation sites excluding steroid dienone is 1. The molecule has 0 bridgehead atoms. The molecule has 2 aromatic rings. The van der Waals surface area contributed by atoms with Crippen LogP contribution >= 0.6 is 11.3 Å². The third-order valence-electron chi connectivity index (χ3n) is 5.26. The van der Waals surface area contributed by atoms with Crippen LogP contribution in [0.25, 0.3) is 0 Å². The van der Waals surface area contributed by atoms with Crippen LogP contribution in [0.3, 0.4) is 0 Å². The van der Waals surface area contributed by atoms with Crippen molar-refractivity contribution in [3.63, 3.8) is 0 Å². The highest BCUT2D eigenvalue weighted by molar-refractivity contribution is 7.10. The van der Waals surface area contributed by atoms with Crippen LogP contribution in [0.2, 0.25) is 0 Å². The Kier molecular flexibility index (Phi) is 5.12. The third kappa shape index (κ3) is 3.32. The SMILES string of the molecule is CCCCC(=O)N1c2ccccc2NC2=C(C(=O)CCC2)[C@H]1c1cccs1. The summed E-state index contributed by atoms with van der Waals surface area (Å²) in [5, 5.41) is 5.51. The van der Waals surface area contributed by atoms with Crippen LogP contribution in [0.1, 0.15) is 56.4 Å². The van der Waals surface area contributed by atoms with Gasteiger partial charge < -0.3 is 5.32 Å². The number of nitrogens with one attached hydrogen (secondary N) is 1. The Morgan fingerprint density at radius 1 is 1.22 bits per heavy atom. The number of nitrogens with zero attached hydrogens (tertiary/aromatic N) is 1. The van der Waals surface area contributed by atoms with E-state index in [1.54, 1.807) is 11.3 Å². The number of carbonyl (C=O) groups excluding carboxylic acids is 2. The molecule has 1 N–H and O–H groups in total. The number of hydrogen-bond acceptors (Lipinski definition) is 4. The van der Waals surface area contributed by atoms with E-state index in [1.807, 2.05) is 46.7 Å². The lowest BCUT2D eigenvalue weighted by molar-refractivity contribution is -0.119. The quantitative estimate of drug-likeness (QED) is 0.768. The summed E-state index contributed by atoms with van der Waals surface area (Å²) in [5.74, 6) is 0.236. The van der Waals surface area contributed by atoms with Crippen molar-refractivity contribution in [3.05, 3.63) is 57.9 Å². The number of unbranched alkanes of at least 4 members (excludes halogenated alkanes) is 1. The van der Waals surface area contributed by atoms with Crippen LogP contribution in [-0.2, 0) is 9.59 Å². The van der Waals surface area contributed by atoms with Crippen LogP contribution in [0.4, 0.5) is 11.4 Å². The lowest BCUT2D eigenvalue weighted by Gasteiger charge is -2.33. The normalized spacial score (nSPS) is 19.2. The van der Waals surface area contributed by atoms with E-state index in [2.05, 4.69) is 12.2 Å². The van der Waals surface area contributed by atoms with Crippen molar-refractivity contribution in [3.8, 4) is 0 Å². The summed E-state index contributed by atoms with van der Waals surface area (Å²) in [4.78, 5) is 29.2. The zero-order chi connectivity index (χ0) is 18.8. The first kappa shape index (κ1) is 18.0. The Hall–Kier alpha value is -2.40. The average Bonchev–Trinajstić information content (AvgIpc) is 3.15. The monoisotopic (exact) mass is 380 g/mol. The number of benzene rings is 1. The molecule has 0 fully saturated rings. The highest BCUT2D eigenvalue weighted by atomic mass is 32.1. The number of amides is 1. The summed E-state index contributed by atoms with van der Waals surface area (Å²) in [5.41, 5.74) is 3.51. The fraction of sp³-hybridized carbons (Fsp3) is 0.364. The van der Waals surface area contributed by atoms with Gasteiger partial charge in [-0.05, 0) is 42.8 Å². The number of ketones is 1. The zero-order valence-electron chi connectivity index (χ0n) is 15.5. The molecular weight excluding hydrogens is 356 g/mol. The van der Waals surface area contributed by atoms with Gasteiger partial charge in [-0.15, -0.1) is 11.3 Å². The van der Waals surface area contributed by atoms with E-state index in [-0.39, 0.29) is 17.7 Å². The fourth-order valence-corrected chi connectivity index (χ4v) is 4.80. The van der Waals surface area contributed by atoms with Gasteiger partial charge in [-0.25, -0.2) is 0 Å². The number of fused-ring (bicyclic) bond motifs is 1. The molecule has 1 aromatic heterocycles. The second kappa shape index (κ2) is 7.69. The number of Topliss-reactive ketones (excluding diaryl/α,β-unsaturated/α-hetero) is 1. The minimum absolute atomic E-state index is 0.0802. The van der Waals surface area contributed by atoms with Gasteiger partial charge in [0.2, 0.25) is 5.91 Å². The van der Waals surface area contributed by atoms with Crippen molar-refractivity contribution < 1.29 is 9.59 Å². The Morgan fingerprint density at radius 3 is 2.85 bits per heavy atom. The van der Waals surface area contributed by atoms with E-state index in [4.69, 9.17) is 0 Å². The summed E-state index contributed by atoms with van der Waals surface area (Å²) < 4.78 is 0. The Morgan fingerprint density at radius 2 is 2.07 bits per heavy atom. The molecule has 0 radical (unpaired) electrons. The van der Waals surface area contributed by atoms with Crippen LogP contribution in [0.5, 0.6) is 0 Å². The highest BCUT2D eigenvalue weighted by Crippen LogP contribution is 2.46. The van der Waals surface area contributed by atoms with Crippen LogP contribution in [-0.4, -0.2) is 11.7 Å². The van der Waals surface area contributed by atoms with E-state index in [9.17, 15) is 9.59 Å². The van der Waals surface area contributed by atoms with Gasteiger partial charge in [-0.2, -0.15) is 0 Å². The lowest BCUT2D eigenvalue weighted by Crippen LogP contribution is -2.37. The largest absolute Gasteiger partial charge is 0.357 e. The predicted octanol–water partition coefficient (Wildman–Crippen LogP) is 5.45. The minimum atomic E-state index is -0.340. The molecule has 1 aliphatic carbocycles. The topological polar surface area (TPSA) is 49.4 Å². The van der Waals surface area contributed by atoms with Gasteiger partial charge in [0, 0.05) is 29.0 Å². The first-order valence-electron chi connectivity index (χ1n) is 9.68. The fourth-order valence-electron chi connectivity index (χ4n) is 3.97. The molecule has 1 aromatic carbocycles. The number of hydrogen-bond donors (Lipinski definition) is 1. The Labute approximate surface area is 163 Å². The molecular formula is C22H24N2O2S. The highest BCUT2D eigenvalue weighted by Gasteiger charge is 2.39. The van der Waals surface area contributed by atoms with Crippen molar-refractivity contribution in [1.82, 2.24) is 0 Å². The first-order valence-corrected chi connectivity index (χ1v) is 10.6. The van der Waals surface area contributed by atoms with Gasteiger partial charge in [0.15, 0.2) is 5.78 Å². The summed E-state index contributed by atoms with van der Waals surface area (Å²) in [6.07, 6.45) is 4.55. The van der Waals surface area contributed by atoms with Gasteiger partial charge in [0.25, 0.3) is 0 Å². The first-order chi connectivity index (χ1) is 13.2. The van der Waals surface area contributed by atoms with Crippen LogP contribution in [0.15, 0.2) is 53.0 Å². The Bertz CT molecular complexity index is 885. The molecule has 140 valence electrons. The minimum Gasteiger partial charge on any atom is -0.357 e. The average molecular weight is 381 g/mol. The number of carbonyl (C=O) groups is 2. The van der Waals surface area contributed by atoms with E-state index in [0.29, 0.717) is 12.8 Å². The summed E-state index contributed by atoms with van der Waals surface area (Å²) in [7, 11) is 0. The smallest absolute Gasteiger partial charge is 0.227 e. The maximum Gasteiger partial charge on any atom is 0.227 e. The molecule has 1 amide bonds. The van der Waals surface area contributed by atoms with Crippen LogP contribution in [0, 0.1) is 0 Å². The molecule has 4 rings (SSSR count). The molecule has 5 heteroatoms. The van der Waals surface area contributed by atoms with E-state index < -0.39 is 0 Å². The van der Waals surface area contributed by atoms with Crippen molar-refractivity contribution in [1.29, 1.82) is 0 Å². The molecule has 2 aliphatic rings.